The molecule has 2 atom stereocenters. The molecule has 1 heterocycles. The van der Waals surface area contributed by atoms with Crippen LogP contribution in [0.1, 0.15) is 62.5 Å². The number of nitrogens with zero attached hydrogens (tertiary/aromatic N) is 2. The van der Waals surface area contributed by atoms with Gasteiger partial charge >= 0.3 is 5.69 Å². The van der Waals surface area contributed by atoms with Crippen molar-refractivity contribution in [1.29, 1.82) is 0 Å². The average Bonchev–Trinajstić information content (AvgIpc) is 3.09. The third-order valence-electron chi connectivity index (χ3n) is 6.00. The third kappa shape index (κ3) is 7.36. The standard InChI is InChI=1S/C23H37N5O3.CH2O/c1-25-14-12-17(8-5-4-6-13-24)18-10-11-19-21(16-18)27(3)23(31)28(19)20(9-7-15-29)22(30)26-2;1-2/h10-11,15-17,20,25H,4-9,12-14,24H2,1-3H3,(H,26,30);1H2. The number of nitrogens with two attached hydrogens (primary N) is 1. The minimum atomic E-state index is -0.714. The average molecular weight is 462 g/mol. The van der Waals surface area contributed by atoms with Gasteiger partial charge in [-0.15, -0.1) is 0 Å². The van der Waals surface area contributed by atoms with E-state index in [0.29, 0.717) is 11.4 Å². The van der Waals surface area contributed by atoms with Crippen molar-refractivity contribution >= 4 is 30.0 Å². The summed E-state index contributed by atoms with van der Waals surface area (Å²) in [5, 5.41) is 5.85. The summed E-state index contributed by atoms with van der Waals surface area (Å²) in [7, 11) is 5.23. The second-order valence-electron chi connectivity index (χ2n) is 8.06. The number of hydrogen-bond acceptors (Lipinski definition) is 6. The lowest BCUT2D eigenvalue weighted by Crippen LogP contribution is -2.36. The largest absolute Gasteiger partial charge is 0.357 e. The van der Waals surface area contributed by atoms with Crippen LogP contribution >= 0.6 is 0 Å². The van der Waals surface area contributed by atoms with Gasteiger partial charge < -0.3 is 26.0 Å². The number of likely N-dealkylation sites (N-methyl/N-ethyl adjacent to an activating group) is 1. The number of aromatic nitrogens is 2. The Balaban J connectivity index is 0.00000265. The minimum Gasteiger partial charge on any atom is -0.357 e. The van der Waals surface area contributed by atoms with Crippen molar-refractivity contribution in [2.75, 3.05) is 27.2 Å². The maximum atomic E-state index is 13.0. The maximum Gasteiger partial charge on any atom is 0.329 e. The number of amides is 1. The molecule has 0 saturated heterocycles. The van der Waals surface area contributed by atoms with Crippen molar-refractivity contribution in [3.63, 3.8) is 0 Å². The van der Waals surface area contributed by atoms with Gasteiger partial charge in [0.1, 0.15) is 19.1 Å². The van der Waals surface area contributed by atoms with E-state index >= 15 is 0 Å². The summed E-state index contributed by atoms with van der Waals surface area (Å²) in [5.74, 6) is 0.116. The number of hydrogen-bond donors (Lipinski definition) is 3. The highest BCUT2D eigenvalue weighted by atomic mass is 16.2. The van der Waals surface area contributed by atoms with Gasteiger partial charge in [-0.2, -0.15) is 0 Å². The maximum absolute atomic E-state index is 13.0. The molecule has 1 aromatic carbocycles. The molecule has 0 aliphatic carbocycles. The molecule has 4 N–H and O–H groups in total. The van der Waals surface area contributed by atoms with E-state index in [4.69, 9.17) is 10.5 Å². The van der Waals surface area contributed by atoms with Crippen LogP contribution in [0.15, 0.2) is 23.0 Å². The van der Waals surface area contributed by atoms with Crippen LogP contribution in [0.5, 0.6) is 0 Å². The van der Waals surface area contributed by atoms with Crippen molar-refractivity contribution in [1.82, 2.24) is 19.8 Å². The summed E-state index contributed by atoms with van der Waals surface area (Å²) in [6.07, 6.45) is 6.64. The van der Waals surface area contributed by atoms with Crippen LogP contribution < -0.4 is 22.1 Å². The van der Waals surface area contributed by atoms with Gasteiger partial charge in [0.05, 0.1) is 11.0 Å². The number of benzene rings is 1. The van der Waals surface area contributed by atoms with E-state index in [-0.39, 0.29) is 24.4 Å². The first kappa shape index (κ1) is 28.3. The number of aryl methyl sites for hydroxylation is 1. The molecule has 2 aromatic rings. The van der Waals surface area contributed by atoms with Crippen molar-refractivity contribution in [2.24, 2.45) is 12.8 Å². The summed E-state index contributed by atoms with van der Waals surface area (Å²) in [5.41, 5.74) is 8.10. The first-order valence-electron chi connectivity index (χ1n) is 11.5. The molecule has 1 amide bonds. The lowest BCUT2D eigenvalue weighted by atomic mass is 9.90. The Morgan fingerprint density at radius 1 is 1.12 bits per heavy atom. The summed E-state index contributed by atoms with van der Waals surface area (Å²) >= 11 is 0. The van der Waals surface area contributed by atoms with E-state index in [1.54, 1.807) is 18.7 Å². The molecule has 9 nitrogen and oxygen atoms in total. The molecule has 0 saturated carbocycles. The number of unbranched alkanes of at least 4 members (excludes halogenated alkanes) is 2. The minimum absolute atomic E-state index is 0.216. The fourth-order valence-corrected chi connectivity index (χ4v) is 4.21. The topological polar surface area (TPSA) is 128 Å². The van der Waals surface area contributed by atoms with Crippen LogP contribution in [0.4, 0.5) is 0 Å². The van der Waals surface area contributed by atoms with Gasteiger partial charge in [-0.05, 0) is 69.4 Å². The summed E-state index contributed by atoms with van der Waals surface area (Å²) in [6, 6.07) is 5.38. The quantitative estimate of drug-likeness (QED) is 0.290. The number of imidazole rings is 1. The van der Waals surface area contributed by atoms with Gasteiger partial charge in [-0.25, -0.2) is 4.79 Å². The van der Waals surface area contributed by atoms with Crippen molar-refractivity contribution < 1.29 is 14.4 Å². The molecule has 0 radical (unpaired) electrons. The summed E-state index contributed by atoms with van der Waals surface area (Å²) in [4.78, 5) is 44.4. The molecule has 2 unspecified atom stereocenters. The van der Waals surface area contributed by atoms with Crippen LogP contribution in [0.3, 0.4) is 0 Å². The van der Waals surface area contributed by atoms with Crippen LogP contribution in [0.2, 0.25) is 0 Å². The number of carbonyl (C=O) groups is 3. The van der Waals surface area contributed by atoms with Gasteiger partial charge in [0.15, 0.2) is 0 Å². The summed E-state index contributed by atoms with van der Waals surface area (Å²) < 4.78 is 3.12. The van der Waals surface area contributed by atoms with E-state index in [1.807, 2.05) is 19.9 Å². The van der Waals surface area contributed by atoms with Crippen LogP contribution in [-0.4, -0.2) is 55.3 Å². The molecule has 33 heavy (non-hydrogen) atoms. The van der Waals surface area contributed by atoms with E-state index < -0.39 is 6.04 Å². The fourth-order valence-electron chi connectivity index (χ4n) is 4.21. The number of fused-ring (bicyclic) bond motifs is 1. The first-order valence-corrected chi connectivity index (χ1v) is 11.5. The SMILES string of the molecule is C=O.CNCCC(CCCCCN)c1ccc2c(c1)n(C)c(=O)n2C(CCC=O)C(=O)NC. The van der Waals surface area contributed by atoms with E-state index in [9.17, 15) is 14.4 Å². The highest BCUT2D eigenvalue weighted by molar-refractivity contribution is 5.84. The first-order chi connectivity index (χ1) is 16.0. The number of rotatable bonds is 14. The Morgan fingerprint density at radius 3 is 2.45 bits per heavy atom. The zero-order chi connectivity index (χ0) is 24.8. The molecule has 2 rings (SSSR count). The second-order valence-corrected chi connectivity index (χ2v) is 8.06. The Morgan fingerprint density at radius 2 is 1.85 bits per heavy atom. The van der Waals surface area contributed by atoms with Gasteiger partial charge in [0.2, 0.25) is 5.91 Å². The van der Waals surface area contributed by atoms with Gasteiger partial charge in [0, 0.05) is 20.5 Å². The molecule has 0 aliphatic rings. The molecule has 1 aromatic heterocycles. The third-order valence-corrected chi connectivity index (χ3v) is 6.00. The number of nitrogens with one attached hydrogen (secondary N) is 2. The second kappa shape index (κ2) is 15.1. The molecular weight excluding hydrogens is 422 g/mol. The molecule has 0 aliphatic heterocycles. The molecule has 0 bridgehead atoms. The lowest BCUT2D eigenvalue weighted by Gasteiger charge is -2.19. The predicted molar refractivity (Wildman–Crippen MR) is 132 cm³/mol. The molecular formula is C24H39N5O4. The number of aldehydes is 1. The zero-order valence-electron chi connectivity index (χ0n) is 20.1. The molecule has 184 valence electrons. The predicted octanol–water partition coefficient (Wildman–Crippen LogP) is 1.63. The van der Waals surface area contributed by atoms with Crippen LogP contribution in [0, 0.1) is 0 Å². The summed E-state index contributed by atoms with van der Waals surface area (Å²) in [6.45, 7) is 3.64. The van der Waals surface area contributed by atoms with Gasteiger partial charge in [-0.3, -0.25) is 13.9 Å². The monoisotopic (exact) mass is 461 g/mol. The van der Waals surface area contributed by atoms with Gasteiger partial charge in [0.25, 0.3) is 0 Å². The fraction of sp³-hybridized carbons (Fsp3) is 0.583. The van der Waals surface area contributed by atoms with Crippen molar-refractivity contribution in [3.8, 4) is 0 Å². The van der Waals surface area contributed by atoms with Crippen LogP contribution in [0.25, 0.3) is 11.0 Å². The molecule has 0 fully saturated rings. The highest BCUT2D eigenvalue weighted by Gasteiger charge is 2.25. The molecule has 9 heteroatoms. The van der Waals surface area contributed by atoms with Crippen LogP contribution in [-0.2, 0) is 21.4 Å². The Kier molecular flexibility index (Phi) is 13.0. The molecule has 0 spiro atoms. The van der Waals surface area contributed by atoms with E-state index in [1.165, 1.54) is 10.1 Å². The van der Waals surface area contributed by atoms with E-state index in [0.717, 1.165) is 57.0 Å². The van der Waals surface area contributed by atoms with Gasteiger partial charge in [-0.1, -0.05) is 18.9 Å². The van der Waals surface area contributed by atoms with Crippen molar-refractivity contribution in [3.05, 3.63) is 34.2 Å². The highest BCUT2D eigenvalue weighted by Crippen LogP contribution is 2.29. The Bertz CT molecular complexity index is 937. The Labute approximate surface area is 195 Å². The smallest absolute Gasteiger partial charge is 0.329 e. The Hall–Kier alpha value is -2.78. The normalized spacial score (nSPS) is 12.6. The zero-order valence-corrected chi connectivity index (χ0v) is 20.1. The van der Waals surface area contributed by atoms with E-state index in [2.05, 4.69) is 22.8 Å². The number of carbonyl (C=O) groups excluding carboxylic acids is 3. The van der Waals surface area contributed by atoms with Crippen molar-refractivity contribution in [2.45, 2.75) is 56.9 Å². The lowest BCUT2D eigenvalue weighted by molar-refractivity contribution is -0.124.